The van der Waals surface area contributed by atoms with Gasteiger partial charge in [0.15, 0.2) is 6.10 Å². The summed E-state index contributed by atoms with van der Waals surface area (Å²) >= 11 is 12.0. The fourth-order valence-corrected chi connectivity index (χ4v) is 3.41. The maximum Gasteiger partial charge on any atom is 0.265 e. The van der Waals surface area contributed by atoms with Gasteiger partial charge in [-0.25, -0.2) is 0 Å². The molecule has 0 spiro atoms. The van der Waals surface area contributed by atoms with E-state index in [1.807, 2.05) is 24.3 Å². The number of halogens is 2. The largest absolute Gasteiger partial charge is 0.479 e. The van der Waals surface area contributed by atoms with Crippen LogP contribution in [0.3, 0.4) is 0 Å². The number of nitrogens with one attached hydrogen (secondary N) is 2. The number of amides is 1. The number of hydrogen-bond acceptors (Lipinski definition) is 3. The van der Waals surface area contributed by atoms with Crippen molar-refractivity contribution >= 4 is 40.5 Å². The Bertz CT molecular complexity index is 790. The minimum atomic E-state index is -0.691. The van der Waals surface area contributed by atoms with Crippen molar-refractivity contribution in [2.45, 2.75) is 13.0 Å². The van der Waals surface area contributed by atoms with Crippen LogP contribution < -0.4 is 19.9 Å². The Labute approximate surface area is 169 Å². The second-order valence-electron chi connectivity index (χ2n) is 6.82. The molecular weight excluding hydrogens is 385 g/mol. The van der Waals surface area contributed by atoms with E-state index in [4.69, 9.17) is 27.9 Å². The minimum Gasteiger partial charge on any atom is -0.479 e. The molecule has 0 radical (unpaired) electrons. The lowest BCUT2D eigenvalue weighted by Crippen LogP contribution is -3.12. The zero-order chi connectivity index (χ0) is 19.4. The van der Waals surface area contributed by atoms with E-state index in [-0.39, 0.29) is 5.91 Å². The average Bonchev–Trinajstić information content (AvgIpc) is 2.65. The lowest BCUT2D eigenvalue weighted by molar-refractivity contribution is -0.880. The van der Waals surface area contributed by atoms with Crippen LogP contribution in [0.1, 0.15) is 6.92 Å². The number of likely N-dealkylation sites (N-methyl/N-ethyl adjacent to an activating group) is 1. The van der Waals surface area contributed by atoms with E-state index < -0.39 is 6.10 Å². The number of quaternary nitrogens is 1. The first kappa shape index (κ1) is 19.8. The summed E-state index contributed by atoms with van der Waals surface area (Å²) < 4.78 is 5.65. The van der Waals surface area contributed by atoms with Crippen LogP contribution in [0.4, 0.5) is 11.4 Å². The van der Waals surface area contributed by atoms with Gasteiger partial charge in [0.1, 0.15) is 5.75 Å². The Hall–Kier alpha value is -1.95. The molecule has 0 bridgehead atoms. The van der Waals surface area contributed by atoms with E-state index in [1.54, 1.807) is 30.0 Å². The number of rotatable bonds is 5. The van der Waals surface area contributed by atoms with Gasteiger partial charge in [-0.2, -0.15) is 0 Å². The standard InChI is InChI=1S/C20H23Cl2N3O2/c1-14(27-19-8-3-15(21)13-18(19)22)20(26)23-16-4-6-17(7-5-16)25-11-9-24(2)10-12-25/h3-8,13-14H,9-12H2,1-2H3,(H,23,26)/p+1/t14-/m0/s1. The fraction of sp³-hybridized carbons (Fsp3) is 0.350. The highest BCUT2D eigenvalue weighted by Gasteiger charge is 2.18. The summed E-state index contributed by atoms with van der Waals surface area (Å²) in [6, 6.07) is 12.8. The van der Waals surface area contributed by atoms with Gasteiger partial charge in [0, 0.05) is 16.4 Å². The van der Waals surface area contributed by atoms with Crippen LogP contribution in [0, 0.1) is 0 Å². The van der Waals surface area contributed by atoms with Crippen LogP contribution in [0.25, 0.3) is 0 Å². The number of carbonyl (C=O) groups excluding carboxylic acids is 1. The Morgan fingerprint density at radius 1 is 1.15 bits per heavy atom. The molecule has 0 unspecified atom stereocenters. The lowest BCUT2D eigenvalue weighted by atomic mass is 10.2. The molecule has 2 aromatic rings. The van der Waals surface area contributed by atoms with Gasteiger partial charge in [-0.1, -0.05) is 23.2 Å². The van der Waals surface area contributed by atoms with Crippen molar-refractivity contribution in [1.82, 2.24) is 0 Å². The second-order valence-corrected chi connectivity index (χ2v) is 7.66. The number of piperazine rings is 1. The predicted molar refractivity (Wildman–Crippen MR) is 110 cm³/mol. The number of benzene rings is 2. The van der Waals surface area contributed by atoms with Gasteiger partial charge >= 0.3 is 0 Å². The third-order valence-electron chi connectivity index (χ3n) is 4.68. The van der Waals surface area contributed by atoms with Crippen LogP contribution in [0.5, 0.6) is 5.75 Å². The maximum atomic E-state index is 12.4. The SMILES string of the molecule is C[C@H](Oc1ccc(Cl)cc1Cl)C(=O)Nc1ccc(N2CC[NH+](C)CC2)cc1. The van der Waals surface area contributed by atoms with Gasteiger partial charge in [-0.15, -0.1) is 0 Å². The molecule has 1 aliphatic rings. The van der Waals surface area contributed by atoms with E-state index in [0.29, 0.717) is 15.8 Å². The zero-order valence-electron chi connectivity index (χ0n) is 15.5. The number of hydrogen-bond donors (Lipinski definition) is 2. The highest BCUT2D eigenvalue weighted by molar-refractivity contribution is 6.35. The van der Waals surface area contributed by atoms with Crippen molar-refractivity contribution in [2.75, 3.05) is 43.4 Å². The van der Waals surface area contributed by atoms with Crippen molar-refractivity contribution < 1.29 is 14.4 Å². The molecule has 27 heavy (non-hydrogen) atoms. The van der Waals surface area contributed by atoms with Gasteiger partial charge in [0.2, 0.25) is 0 Å². The Kier molecular flexibility index (Phi) is 6.47. The van der Waals surface area contributed by atoms with Gasteiger partial charge in [0.05, 0.1) is 38.2 Å². The molecule has 2 aromatic carbocycles. The highest BCUT2D eigenvalue weighted by atomic mass is 35.5. The molecular formula is C20H24Cl2N3O2+. The summed E-state index contributed by atoms with van der Waals surface area (Å²) in [6.45, 7) is 6.05. The summed E-state index contributed by atoms with van der Waals surface area (Å²) in [6.07, 6.45) is -0.691. The van der Waals surface area contributed by atoms with Crippen molar-refractivity contribution in [3.05, 3.63) is 52.5 Å². The van der Waals surface area contributed by atoms with Crippen molar-refractivity contribution in [1.29, 1.82) is 0 Å². The average molecular weight is 409 g/mol. The monoisotopic (exact) mass is 408 g/mol. The third-order valence-corrected chi connectivity index (χ3v) is 5.21. The Morgan fingerprint density at radius 2 is 1.81 bits per heavy atom. The molecule has 3 rings (SSSR count). The van der Waals surface area contributed by atoms with Gasteiger partial charge in [0.25, 0.3) is 5.91 Å². The van der Waals surface area contributed by atoms with Gasteiger partial charge in [-0.3, -0.25) is 4.79 Å². The fourth-order valence-electron chi connectivity index (χ4n) is 2.96. The zero-order valence-corrected chi connectivity index (χ0v) is 17.0. The van der Waals surface area contributed by atoms with E-state index in [1.165, 1.54) is 5.69 Å². The predicted octanol–water partition coefficient (Wildman–Crippen LogP) is 2.73. The lowest BCUT2D eigenvalue weighted by Gasteiger charge is -2.31. The normalized spacial score (nSPS) is 16.1. The van der Waals surface area contributed by atoms with Crippen LogP contribution in [-0.4, -0.2) is 45.2 Å². The molecule has 2 N–H and O–H groups in total. The summed E-state index contributed by atoms with van der Waals surface area (Å²) in [5.41, 5.74) is 1.92. The first-order valence-electron chi connectivity index (χ1n) is 9.01. The molecule has 144 valence electrons. The molecule has 1 fully saturated rings. The third kappa shape index (κ3) is 5.28. The molecule has 1 saturated heterocycles. The Morgan fingerprint density at radius 3 is 2.44 bits per heavy atom. The van der Waals surface area contributed by atoms with Crippen molar-refractivity contribution in [2.24, 2.45) is 0 Å². The molecule has 1 aliphatic heterocycles. The summed E-state index contributed by atoms with van der Waals surface area (Å²) in [7, 11) is 2.22. The van der Waals surface area contributed by atoms with Crippen molar-refractivity contribution in [3.8, 4) is 5.75 Å². The second kappa shape index (κ2) is 8.83. The van der Waals surface area contributed by atoms with Crippen molar-refractivity contribution in [3.63, 3.8) is 0 Å². The number of nitrogens with zero attached hydrogens (tertiary/aromatic N) is 1. The first-order chi connectivity index (χ1) is 12.9. The molecule has 1 amide bonds. The first-order valence-corrected chi connectivity index (χ1v) is 9.77. The number of ether oxygens (including phenoxy) is 1. The number of carbonyl (C=O) groups is 1. The molecule has 0 aromatic heterocycles. The molecule has 5 nitrogen and oxygen atoms in total. The smallest absolute Gasteiger partial charge is 0.265 e. The molecule has 1 heterocycles. The van der Waals surface area contributed by atoms with E-state index in [9.17, 15) is 4.79 Å². The number of anilines is 2. The van der Waals surface area contributed by atoms with Crippen LogP contribution in [0.15, 0.2) is 42.5 Å². The molecule has 0 saturated carbocycles. The topological polar surface area (TPSA) is 46.0 Å². The maximum absolute atomic E-state index is 12.4. The molecule has 0 aliphatic carbocycles. The van der Waals surface area contributed by atoms with Crippen LogP contribution >= 0.6 is 23.2 Å². The molecule has 1 atom stereocenters. The van der Waals surface area contributed by atoms with E-state index in [0.717, 1.165) is 31.9 Å². The molecule has 7 heteroatoms. The van der Waals surface area contributed by atoms with Gasteiger partial charge in [-0.05, 0) is 49.4 Å². The summed E-state index contributed by atoms with van der Waals surface area (Å²) in [5, 5.41) is 3.77. The minimum absolute atomic E-state index is 0.239. The van der Waals surface area contributed by atoms with E-state index >= 15 is 0 Å². The van der Waals surface area contributed by atoms with Crippen LogP contribution in [0.2, 0.25) is 10.0 Å². The summed E-state index contributed by atoms with van der Waals surface area (Å²) in [5.74, 6) is 0.188. The van der Waals surface area contributed by atoms with Crippen LogP contribution in [-0.2, 0) is 4.79 Å². The van der Waals surface area contributed by atoms with Gasteiger partial charge < -0.3 is 19.9 Å². The Balaban J connectivity index is 1.57. The quantitative estimate of drug-likeness (QED) is 0.799. The highest BCUT2D eigenvalue weighted by Crippen LogP contribution is 2.28. The summed E-state index contributed by atoms with van der Waals surface area (Å²) in [4.78, 5) is 16.3. The van der Waals surface area contributed by atoms with E-state index in [2.05, 4.69) is 17.3 Å².